The first-order valence-corrected chi connectivity index (χ1v) is 11.8. The van der Waals surface area contributed by atoms with Gasteiger partial charge in [-0.3, -0.25) is 9.78 Å². The summed E-state index contributed by atoms with van der Waals surface area (Å²) < 4.78 is 24.2. The van der Waals surface area contributed by atoms with Crippen LogP contribution in [0.1, 0.15) is 40.7 Å². The maximum absolute atomic E-state index is 12.9. The number of nitrogens with two attached hydrogens (primary N) is 2. The molecule has 1 aromatic carbocycles. The highest BCUT2D eigenvalue weighted by Crippen LogP contribution is 2.39. The van der Waals surface area contributed by atoms with Crippen molar-refractivity contribution in [2.24, 2.45) is 5.14 Å². The first-order chi connectivity index (χ1) is 15.7. The molecule has 0 bridgehead atoms. The number of hydrogen-bond acceptors (Lipinski definition) is 7. The maximum atomic E-state index is 12.9. The van der Waals surface area contributed by atoms with Gasteiger partial charge in [0.15, 0.2) is 11.5 Å². The van der Waals surface area contributed by atoms with E-state index < -0.39 is 20.6 Å². The van der Waals surface area contributed by atoms with Gasteiger partial charge in [0.2, 0.25) is 15.8 Å². The summed E-state index contributed by atoms with van der Waals surface area (Å²) in [4.78, 5) is 25.6. The molecule has 0 aliphatic heterocycles. The van der Waals surface area contributed by atoms with Gasteiger partial charge in [-0.05, 0) is 48.6 Å². The molecule has 0 saturated heterocycles. The lowest BCUT2D eigenvalue weighted by atomic mass is 9.84. The summed E-state index contributed by atoms with van der Waals surface area (Å²) >= 11 is 0. The van der Waals surface area contributed by atoms with Gasteiger partial charge in [0, 0.05) is 18.0 Å². The summed E-state index contributed by atoms with van der Waals surface area (Å²) in [5, 5.41) is 5.74. The van der Waals surface area contributed by atoms with E-state index in [2.05, 4.69) is 15.0 Å². The number of pyridine rings is 1. The highest BCUT2D eigenvalue weighted by molar-refractivity contribution is 7.90. The van der Waals surface area contributed by atoms with Gasteiger partial charge in [0.1, 0.15) is 4.75 Å². The second-order valence-corrected chi connectivity index (χ2v) is 9.91. The van der Waals surface area contributed by atoms with Crippen molar-refractivity contribution in [3.8, 4) is 0 Å². The zero-order valence-corrected chi connectivity index (χ0v) is 18.8. The number of benzene rings is 1. The third kappa shape index (κ3) is 4.46. The van der Waals surface area contributed by atoms with Crippen LogP contribution in [0.15, 0.2) is 78.8 Å². The summed E-state index contributed by atoms with van der Waals surface area (Å²) in [5.41, 5.74) is 8.92. The van der Waals surface area contributed by atoms with Gasteiger partial charge in [-0.1, -0.05) is 42.5 Å². The van der Waals surface area contributed by atoms with Crippen molar-refractivity contribution in [1.82, 2.24) is 15.0 Å². The summed E-state index contributed by atoms with van der Waals surface area (Å²) in [6.07, 6.45) is 8.09. The fourth-order valence-electron chi connectivity index (χ4n) is 3.87. The molecule has 0 spiro atoms. The molecule has 4 rings (SSSR count). The standard InChI is InChI=1S/C24H23N5O3S/c1-16-9-10-24(33(26,31)32,12-17-6-3-2-4-7-17)13-19(16)20-15-28-23(25)21(29-20)22(30)18-8-5-11-27-14-18/h2-11,14-15H,12-13H2,1H3,(H2,25,28)(H2,26,31,32). The van der Waals surface area contributed by atoms with Crippen LogP contribution in [0, 0.1) is 0 Å². The van der Waals surface area contributed by atoms with Crippen molar-refractivity contribution in [3.05, 3.63) is 101 Å². The third-order valence-corrected chi connectivity index (χ3v) is 7.31. The van der Waals surface area contributed by atoms with Crippen LogP contribution in [0.25, 0.3) is 5.57 Å². The van der Waals surface area contributed by atoms with Gasteiger partial charge >= 0.3 is 0 Å². The lowest BCUT2D eigenvalue weighted by Gasteiger charge is -2.33. The summed E-state index contributed by atoms with van der Waals surface area (Å²) in [6.45, 7) is 1.85. The molecule has 1 unspecified atom stereocenters. The Hall–Kier alpha value is -3.69. The van der Waals surface area contributed by atoms with E-state index in [4.69, 9.17) is 10.9 Å². The molecule has 2 heterocycles. The van der Waals surface area contributed by atoms with Gasteiger partial charge in [0.25, 0.3) is 0 Å². The summed E-state index contributed by atoms with van der Waals surface area (Å²) in [5.74, 6) is -0.430. The van der Waals surface area contributed by atoms with Crippen molar-refractivity contribution in [3.63, 3.8) is 0 Å². The number of allylic oxidation sites excluding steroid dienone is 3. The SMILES string of the molecule is CC1=C(c2cnc(N)c(C(=O)c3cccnc3)n2)CC(Cc2ccccc2)(S(N)(=O)=O)C=C1. The van der Waals surface area contributed by atoms with Crippen LogP contribution in [-0.2, 0) is 16.4 Å². The van der Waals surface area contributed by atoms with Crippen LogP contribution in [0.3, 0.4) is 0 Å². The first kappa shape index (κ1) is 22.5. The van der Waals surface area contributed by atoms with Crippen LogP contribution < -0.4 is 10.9 Å². The molecule has 1 aliphatic rings. The molecule has 3 aromatic rings. The van der Waals surface area contributed by atoms with Crippen molar-refractivity contribution in [2.75, 3.05) is 5.73 Å². The zero-order valence-electron chi connectivity index (χ0n) is 18.0. The Kier molecular flexibility index (Phi) is 5.92. The smallest absolute Gasteiger partial charge is 0.219 e. The van der Waals surface area contributed by atoms with E-state index in [9.17, 15) is 13.2 Å². The van der Waals surface area contributed by atoms with E-state index in [0.717, 1.165) is 11.1 Å². The number of ketones is 1. The van der Waals surface area contributed by atoms with E-state index in [1.165, 1.54) is 12.4 Å². The van der Waals surface area contributed by atoms with Crippen LogP contribution in [0.5, 0.6) is 0 Å². The third-order valence-electron chi connectivity index (χ3n) is 5.75. The van der Waals surface area contributed by atoms with Gasteiger partial charge in [-0.15, -0.1) is 0 Å². The number of sulfonamides is 1. The zero-order chi connectivity index (χ0) is 23.6. The molecule has 0 fully saturated rings. The lowest BCUT2D eigenvalue weighted by Crippen LogP contribution is -2.45. The minimum absolute atomic E-state index is 0.0142. The number of hydrogen-bond donors (Lipinski definition) is 2. The monoisotopic (exact) mass is 461 g/mol. The second kappa shape index (κ2) is 8.68. The van der Waals surface area contributed by atoms with Crippen LogP contribution in [-0.4, -0.2) is 33.9 Å². The number of nitrogen functional groups attached to an aromatic ring is 1. The number of primary sulfonamides is 1. The van der Waals surface area contributed by atoms with Crippen LogP contribution in [0.4, 0.5) is 5.82 Å². The summed E-state index contributed by atoms with van der Waals surface area (Å²) in [6, 6.07) is 12.5. The molecule has 0 amide bonds. The van der Waals surface area contributed by atoms with E-state index in [1.807, 2.05) is 37.3 Å². The Morgan fingerprint density at radius 3 is 2.55 bits per heavy atom. The Morgan fingerprint density at radius 1 is 1.12 bits per heavy atom. The largest absolute Gasteiger partial charge is 0.382 e. The van der Waals surface area contributed by atoms with Gasteiger partial charge < -0.3 is 5.73 Å². The molecule has 2 aromatic heterocycles. The van der Waals surface area contributed by atoms with Crippen molar-refractivity contribution < 1.29 is 13.2 Å². The molecule has 1 aliphatic carbocycles. The number of aromatic nitrogens is 3. The fraction of sp³-hybridized carbons (Fsp3) is 0.167. The average Bonchev–Trinajstić information content (AvgIpc) is 2.81. The molecule has 9 heteroatoms. The van der Waals surface area contributed by atoms with Crippen LogP contribution >= 0.6 is 0 Å². The van der Waals surface area contributed by atoms with E-state index >= 15 is 0 Å². The topological polar surface area (TPSA) is 142 Å². The first-order valence-electron chi connectivity index (χ1n) is 10.2. The lowest BCUT2D eigenvalue weighted by molar-refractivity contribution is 0.103. The number of nitrogens with zero attached hydrogens (tertiary/aromatic N) is 3. The molecule has 0 saturated carbocycles. The fourth-order valence-corrected chi connectivity index (χ4v) is 4.84. The van der Waals surface area contributed by atoms with Gasteiger partial charge in [-0.2, -0.15) is 0 Å². The molecular formula is C24H23N5O3S. The Morgan fingerprint density at radius 2 is 1.88 bits per heavy atom. The van der Waals surface area contributed by atoms with E-state index in [0.29, 0.717) is 16.8 Å². The average molecular weight is 462 g/mol. The minimum atomic E-state index is -4.00. The molecule has 8 nitrogen and oxygen atoms in total. The highest BCUT2D eigenvalue weighted by Gasteiger charge is 2.42. The number of carbonyl (C=O) groups is 1. The van der Waals surface area contributed by atoms with Gasteiger partial charge in [-0.25, -0.2) is 23.5 Å². The van der Waals surface area contributed by atoms with Crippen molar-refractivity contribution in [2.45, 2.75) is 24.5 Å². The predicted molar refractivity (Wildman–Crippen MR) is 126 cm³/mol. The maximum Gasteiger partial charge on any atom is 0.219 e. The Labute approximate surface area is 192 Å². The molecular weight excluding hydrogens is 438 g/mol. The normalized spacial score (nSPS) is 18.4. The molecule has 0 radical (unpaired) electrons. The van der Waals surface area contributed by atoms with E-state index in [-0.39, 0.29) is 24.4 Å². The van der Waals surface area contributed by atoms with Crippen molar-refractivity contribution in [1.29, 1.82) is 0 Å². The quantitative estimate of drug-likeness (QED) is 0.537. The molecule has 1 atom stereocenters. The van der Waals surface area contributed by atoms with Gasteiger partial charge in [0.05, 0.1) is 11.9 Å². The number of rotatable bonds is 6. The molecule has 168 valence electrons. The molecule has 4 N–H and O–H groups in total. The van der Waals surface area contributed by atoms with Crippen LogP contribution in [0.2, 0.25) is 0 Å². The predicted octanol–water partition coefficient (Wildman–Crippen LogP) is 2.69. The highest BCUT2D eigenvalue weighted by atomic mass is 32.2. The number of anilines is 1. The Bertz CT molecular complexity index is 1370. The Balaban J connectivity index is 1.76. The van der Waals surface area contributed by atoms with Crippen molar-refractivity contribution >= 4 is 27.2 Å². The second-order valence-electron chi connectivity index (χ2n) is 8.00. The molecule has 33 heavy (non-hydrogen) atoms. The summed E-state index contributed by atoms with van der Waals surface area (Å²) in [7, 11) is -4.00. The minimum Gasteiger partial charge on any atom is -0.382 e. The number of carbonyl (C=O) groups excluding carboxylic acids is 1. The van der Waals surface area contributed by atoms with E-state index in [1.54, 1.807) is 30.5 Å².